The molecule has 0 saturated carbocycles. The molecule has 0 aromatic heterocycles. The van der Waals surface area contributed by atoms with E-state index in [4.69, 9.17) is 9.84 Å². The van der Waals surface area contributed by atoms with Gasteiger partial charge in [-0.2, -0.15) is 0 Å². The van der Waals surface area contributed by atoms with Crippen molar-refractivity contribution in [3.8, 4) is 0 Å². The summed E-state index contributed by atoms with van der Waals surface area (Å²) in [7, 11) is 0. The zero-order valence-corrected chi connectivity index (χ0v) is 6.55. The monoisotopic (exact) mass is 154 g/mol. The highest BCUT2D eigenvalue weighted by Crippen LogP contribution is 2.24. The third kappa shape index (κ3) is 1.33. The third-order valence-electron chi connectivity index (χ3n) is 1.72. The number of hydrogen-bond donors (Lipinski definition) is 1. The maximum atomic E-state index is 10.9. The van der Waals surface area contributed by atoms with Crippen LogP contribution in [-0.2, 0) is 9.53 Å². The number of allylic oxidation sites excluding steroid dienone is 1. The Balaban J connectivity index is 2.95. The summed E-state index contributed by atoms with van der Waals surface area (Å²) in [6, 6.07) is 0. The molecule has 0 bridgehead atoms. The Hall–Kier alpha value is -1.09. The molecule has 1 aliphatic heterocycles. The Morgan fingerprint density at radius 2 is 2.09 bits per heavy atom. The summed E-state index contributed by atoms with van der Waals surface area (Å²) in [5, 5.41) is 8.53. The van der Waals surface area contributed by atoms with Crippen molar-refractivity contribution in [3.63, 3.8) is 0 Å². The quantitative estimate of drug-likeness (QED) is 0.567. The van der Waals surface area contributed by atoms with Crippen molar-refractivity contribution in [1.29, 1.82) is 0 Å². The van der Waals surface area contributed by atoms with Gasteiger partial charge in [-0.25, -0.2) is 4.79 Å². The van der Waals surface area contributed by atoms with E-state index < -0.39 is 0 Å². The minimum atomic E-state index is -0.317. The summed E-state index contributed by atoms with van der Waals surface area (Å²) in [6.07, 6.45) is 1.48. The van der Waals surface area contributed by atoms with E-state index in [2.05, 4.69) is 0 Å². The number of aliphatic hydroxyl groups is 1. The molecule has 0 aliphatic carbocycles. The van der Waals surface area contributed by atoms with Gasteiger partial charge in [-0.3, -0.25) is 0 Å². The van der Waals surface area contributed by atoms with Crippen molar-refractivity contribution in [2.24, 2.45) is 0 Å². The first-order chi connectivity index (χ1) is 5.16. The minimum absolute atomic E-state index is 0.104. The summed E-state index contributed by atoms with van der Waals surface area (Å²) in [5.41, 5.74) is 1.42. The van der Waals surface area contributed by atoms with E-state index in [-0.39, 0.29) is 12.6 Å². The summed E-state index contributed by atoms with van der Waals surface area (Å²) in [6.45, 7) is 3.39. The van der Waals surface area contributed by atoms with E-state index >= 15 is 0 Å². The average molecular weight is 154 g/mol. The molecule has 11 heavy (non-hydrogen) atoms. The summed E-state index contributed by atoms with van der Waals surface area (Å²) in [5.74, 6) is 0.164. The molecule has 0 amide bonds. The fourth-order valence-corrected chi connectivity index (χ4v) is 0.869. The van der Waals surface area contributed by atoms with Crippen LogP contribution in [0.2, 0.25) is 0 Å². The predicted octanol–water partition coefficient (Wildman–Crippen LogP) is 0.756. The molecule has 0 aromatic rings. The molecule has 0 unspecified atom stereocenters. The number of carbonyl (C=O) groups excluding carboxylic acids is 1. The van der Waals surface area contributed by atoms with Crippen LogP contribution in [0, 0.1) is 0 Å². The number of cyclic esters (lactones) is 1. The van der Waals surface area contributed by atoms with Gasteiger partial charge in [-0.15, -0.1) is 0 Å². The molecule has 1 N–H and O–H groups in total. The molecule has 3 nitrogen and oxygen atoms in total. The van der Waals surface area contributed by atoms with Gasteiger partial charge in [-0.1, -0.05) is 0 Å². The number of rotatable bonds is 1. The Morgan fingerprint density at radius 1 is 1.45 bits per heavy atom. The van der Waals surface area contributed by atoms with Crippen molar-refractivity contribution in [1.82, 2.24) is 0 Å². The molecular weight excluding hydrogens is 144 g/mol. The molecule has 1 heterocycles. The molecule has 0 fully saturated rings. The van der Waals surface area contributed by atoms with Gasteiger partial charge in [0.15, 0.2) is 0 Å². The van der Waals surface area contributed by atoms with E-state index in [0.717, 1.165) is 5.57 Å². The summed E-state index contributed by atoms with van der Waals surface area (Å²) >= 11 is 0. The molecule has 0 aromatic carbocycles. The van der Waals surface area contributed by atoms with E-state index in [1.165, 1.54) is 6.08 Å². The fourth-order valence-electron chi connectivity index (χ4n) is 0.869. The van der Waals surface area contributed by atoms with E-state index in [1.807, 2.05) is 0 Å². The maximum Gasteiger partial charge on any atom is 0.339 e. The lowest BCUT2D eigenvalue weighted by molar-refractivity contribution is -0.133. The Morgan fingerprint density at radius 3 is 2.45 bits per heavy atom. The average Bonchev–Trinajstić information content (AvgIpc) is 2.19. The van der Waals surface area contributed by atoms with Crippen LogP contribution in [0.5, 0.6) is 0 Å². The third-order valence-corrected chi connectivity index (χ3v) is 1.72. The van der Waals surface area contributed by atoms with E-state index in [0.29, 0.717) is 11.3 Å². The number of aliphatic hydroxyl groups excluding tert-OH is 1. The fraction of sp³-hybridized carbons (Fsp3) is 0.375. The normalized spacial score (nSPS) is 21.4. The first kappa shape index (κ1) is 8.01. The van der Waals surface area contributed by atoms with Gasteiger partial charge in [0.1, 0.15) is 5.76 Å². The van der Waals surface area contributed by atoms with Crippen LogP contribution >= 0.6 is 0 Å². The highest BCUT2D eigenvalue weighted by Gasteiger charge is 2.22. The smallest absolute Gasteiger partial charge is 0.339 e. The lowest BCUT2D eigenvalue weighted by Crippen LogP contribution is -1.95. The van der Waals surface area contributed by atoms with Crippen molar-refractivity contribution in [2.75, 3.05) is 6.61 Å². The highest BCUT2D eigenvalue weighted by molar-refractivity contribution is 5.93. The zero-order valence-electron chi connectivity index (χ0n) is 6.55. The summed E-state index contributed by atoms with van der Waals surface area (Å²) in [4.78, 5) is 10.9. The molecular formula is C8H10O3. The van der Waals surface area contributed by atoms with Crippen LogP contribution in [0.25, 0.3) is 0 Å². The van der Waals surface area contributed by atoms with Gasteiger partial charge in [0.2, 0.25) is 0 Å². The van der Waals surface area contributed by atoms with Gasteiger partial charge < -0.3 is 9.84 Å². The van der Waals surface area contributed by atoms with E-state index in [1.54, 1.807) is 13.8 Å². The first-order valence-electron chi connectivity index (χ1n) is 3.38. The van der Waals surface area contributed by atoms with Crippen LogP contribution in [0.1, 0.15) is 13.8 Å². The molecule has 0 atom stereocenters. The van der Waals surface area contributed by atoms with E-state index in [9.17, 15) is 4.79 Å². The van der Waals surface area contributed by atoms with Crippen LogP contribution in [0.4, 0.5) is 0 Å². The van der Waals surface area contributed by atoms with Crippen LogP contribution < -0.4 is 0 Å². The predicted molar refractivity (Wildman–Crippen MR) is 39.6 cm³/mol. The molecule has 3 heteroatoms. The SMILES string of the molecule is CC1=C(C)C(=CCO)OC1=O. The topological polar surface area (TPSA) is 46.5 Å². The van der Waals surface area contributed by atoms with Gasteiger partial charge >= 0.3 is 5.97 Å². The Bertz CT molecular complexity index is 248. The standard InChI is InChI=1S/C8H10O3/c1-5-6(2)8(10)11-7(5)3-4-9/h3,9H,4H2,1-2H3. The molecule has 1 aliphatic rings. The van der Waals surface area contributed by atoms with Crippen LogP contribution in [0.15, 0.2) is 23.0 Å². The lowest BCUT2D eigenvalue weighted by Gasteiger charge is -1.95. The number of carbonyl (C=O) groups is 1. The maximum absolute atomic E-state index is 10.9. The molecule has 0 spiro atoms. The lowest BCUT2D eigenvalue weighted by atomic mass is 10.1. The number of esters is 1. The van der Waals surface area contributed by atoms with Gasteiger partial charge in [-0.05, 0) is 19.9 Å². The van der Waals surface area contributed by atoms with Crippen LogP contribution in [-0.4, -0.2) is 17.7 Å². The molecule has 60 valence electrons. The van der Waals surface area contributed by atoms with Crippen molar-refractivity contribution >= 4 is 5.97 Å². The molecule has 0 saturated heterocycles. The Kier molecular flexibility index (Phi) is 2.10. The highest BCUT2D eigenvalue weighted by atomic mass is 16.5. The van der Waals surface area contributed by atoms with Gasteiger partial charge in [0.25, 0.3) is 0 Å². The molecule has 1 rings (SSSR count). The summed E-state index contributed by atoms with van der Waals surface area (Å²) < 4.78 is 4.81. The second kappa shape index (κ2) is 2.88. The second-order valence-electron chi connectivity index (χ2n) is 2.39. The van der Waals surface area contributed by atoms with Crippen LogP contribution in [0.3, 0.4) is 0 Å². The largest absolute Gasteiger partial charge is 0.423 e. The van der Waals surface area contributed by atoms with Crippen molar-refractivity contribution in [2.45, 2.75) is 13.8 Å². The van der Waals surface area contributed by atoms with Gasteiger partial charge in [0, 0.05) is 11.1 Å². The number of hydrogen-bond acceptors (Lipinski definition) is 3. The van der Waals surface area contributed by atoms with Crippen molar-refractivity contribution < 1.29 is 14.6 Å². The second-order valence-corrected chi connectivity index (χ2v) is 2.39. The number of ether oxygens (including phenoxy) is 1. The zero-order chi connectivity index (χ0) is 8.43. The first-order valence-corrected chi connectivity index (χ1v) is 3.38. The van der Waals surface area contributed by atoms with Crippen molar-refractivity contribution in [3.05, 3.63) is 23.0 Å². The minimum Gasteiger partial charge on any atom is -0.423 e. The Labute approximate surface area is 65.0 Å². The molecule has 0 radical (unpaired) electrons. The van der Waals surface area contributed by atoms with Gasteiger partial charge in [0.05, 0.1) is 6.61 Å².